The number of carbonyl (C=O) groups is 1. The lowest BCUT2D eigenvalue weighted by molar-refractivity contribution is -0.134. The molecule has 3 N–H and O–H groups in total. The van der Waals surface area contributed by atoms with E-state index in [9.17, 15) is 15.0 Å². The van der Waals surface area contributed by atoms with Crippen molar-refractivity contribution < 1.29 is 19.7 Å². The summed E-state index contributed by atoms with van der Waals surface area (Å²) in [5, 5.41) is 24.3. The summed E-state index contributed by atoms with van der Waals surface area (Å²) < 4.78 is 5.69. The summed E-state index contributed by atoms with van der Waals surface area (Å²) in [6.45, 7) is 6.73. The molecular formula is C29H42N2O4. The Bertz CT molecular complexity index is 868. The van der Waals surface area contributed by atoms with Gasteiger partial charge in [0.05, 0.1) is 12.2 Å². The zero-order valence-corrected chi connectivity index (χ0v) is 21.2. The summed E-state index contributed by atoms with van der Waals surface area (Å²) in [4.78, 5) is 14.1. The summed E-state index contributed by atoms with van der Waals surface area (Å²) in [6.07, 6.45) is 3.95. The van der Waals surface area contributed by atoms with Crippen molar-refractivity contribution in [3.63, 3.8) is 0 Å². The largest absolute Gasteiger partial charge is 0.484 e. The second kappa shape index (κ2) is 14.2. The molecule has 0 spiro atoms. The Hall–Kier alpha value is -2.41. The van der Waals surface area contributed by atoms with Gasteiger partial charge in [0, 0.05) is 26.2 Å². The van der Waals surface area contributed by atoms with Crippen LogP contribution in [0.2, 0.25) is 0 Å². The molecule has 1 fully saturated rings. The van der Waals surface area contributed by atoms with Crippen LogP contribution in [0, 0.1) is 11.8 Å². The van der Waals surface area contributed by atoms with Crippen molar-refractivity contribution in [3.05, 3.63) is 65.7 Å². The van der Waals surface area contributed by atoms with Gasteiger partial charge >= 0.3 is 0 Å². The molecule has 4 atom stereocenters. The van der Waals surface area contributed by atoms with E-state index in [2.05, 4.69) is 24.4 Å². The predicted molar refractivity (Wildman–Crippen MR) is 139 cm³/mol. The van der Waals surface area contributed by atoms with Gasteiger partial charge in [0.25, 0.3) is 5.91 Å². The fourth-order valence-electron chi connectivity index (χ4n) is 4.51. The quantitative estimate of drug-likeness (QED) is 0.407. The molecule has 1 aliphatic rings. The average molecular weight is 483 g/mol. The smallest absolute Gasteiger partial charge is 0.260 e. The molecule has 192 valence electrons. The van der Waals surface area contributed by atoms with Crippen molar-refractivity contribution in [3.8, 4) is 5.75 Å². The van der Waals surface area contributed by atoms with Crippen LogP contribution in [-0.2, 0) is 17.6 Å². The maximum absolute atomic E-state index is 12.3. The molecule has 6 heteroatoms. The molecule has 4 unspecified atom stereocenters. The van der Waals surface area contributed by atoms with Crippen LogP contribution in [0.4, 0.5) is 0 Å². The maximum atomic E-state index is 12.3. The summed E-state index contributed by atoms with van der Waals surface area (Å²) in [6, 6.07) is 18.0. The molecule has 1 aliphatic heterocycles. The topological polar surface area (TPSA) is 82.0 Å². The molecule has 0 bridgehead atoms. The number of ether oxygens (including phenoxy) is 1. The van der Waals surface area contributed by atoms with E-state index in [1.54, 1.807) is 0 Å². The van der Waals surface area contributed by atoms with E-state index in [1.165, 1.54) is 12.0 Å². The van der Waals surface area contributed by atoms with Gasteiger partial charge < -0.3 is 25.2 Å². The van der Waals surface area contributed by atoms with Gasteiger partial charge in [-0.15, -0.1) is 0 Å². The Morgan fingerprint density at radius 1 is 0.857 bits per heavy atom. The van der Waals surface area contributed by atoms with Crippen molar-refractivity contribution in [1.29, 1.82) is 0 Å². The molecule has 35 heavy (non-hydrogen) atoms. The van der Waals surface area contributed by atoms with Crippen molar-refractivity contribution >= 4 is 5.91 Å². The third-order valence-electron chi connectivity index (χ3n) is 6.97. The normalized spacial score (nSPS) is 17.4. The van der Waals surface area contributed by atoms with Gasteiger partial charge in [0.1, 0.15) is 5.75 Å². The van der Waals surface area contributed by atoms with E-state index in [1.807, 2.05) is 54.3 Å². The second-order valence-electron chi connectivity index (χ2n) is 10.0. The Labute approximate surface area is 210 Å². The number of benzene rings is 2. The monoisotopic (exact) mass is 482 g/mol. The third-order valence-corrected chi connectivity index (χ3v) is 6.97. The molecule has 0 aliphatic carbocycles. The number of hydrogen-bond donors (Lipinski definition) is 3. The minimum atomic E-state index is -0.510. The molecule has 1 saturated heterocycles. The molecular weight excluding hydrogens is 440 g/mol. The molecule has 0 radical (unpaired) electrons. The summed E-state index contributed by atoms with van der Waals surface area (Å²) in [5.41, 5.74) is 2.33. The van der Waals surface area contributed by atoms with Crippen molar-refractivity contribution in [2.24, 2.45) is 11.8 Å². The van der Waals surface area contributed by atoms with Gasteiger partial charge in [-0.3, -0.25) is 4.79 Å². The van der Waals surface area contributed by atoms with Gasteiger partial charge in [-0.2, -0.15) is 0 Å². The fraction of sp³-hybridized carbons (Fsp3) is 0.552. The average Bonchev–Trinajstić information content (AvgIpc) is 2.89. The number of nitrogens with one attached hydrogen (secondary N) is 1. The molecule has 1 heterocycles. The number of aliphatic hydroxyl groups excluding tert-OH is 2. The molecule has 3 rings (SSSR count). The zero-order chi connectivity index (χ0) is 25.0. The van der Waals surface area contributed by atoms with Gasteiger partial charge in [-0.05, 0) is 67.2 Å². The number of nitrogens with zero attached hydrogens (tertiary/aromatic N) is 1. The number of rotatable bonds is 13. The summed E-state index contributed by atoms with van der Waals surface area (Å²) in [7, 11) is 0. The van der Waals surface area contributed by atoms with E-state index in [0.29, 0.717) is 18.8 Å². The highest BCUT2D eigenvalue weighted by atomic mass is 16.5. The highest BCUT2D eigenvalue weighted by molar-refractivity contribution is 5.77. The molecule has 1 amide bonds. The number of carbonyl (C=O) groups excluding carboxylic acids is 1. The van der Waals surface area contributed by atoms with Crippen LogP contribution in [0.5, 0.6) is 5.75 Å². The molecule has 2 aromatic carbocycles. The van der Waals surface area contributed by atoms with Crippen molar-refractivity contribution in [1.82, 2.24) is 10.2 Å². The van der Waals surface area contributed by atoms with Crippen LogP contribution in [0.3, 0.4) is 0 Å². The molecule has 0 saturated carbocycles. The first-order valence-corrected chi connectivity index (χ1v) is 13.0. The van der Waals surface area contributed by atoms with E-state index >= 15 is 0 Å². The number of likely N-dealkylation sites (tertiary alicyclic amines) is 1. The maximum Gasteiger partial charge on any atom is 0.260 e. The number of amides is 1. The lowest BCUT2D eigenvalue weighted by Crippen LogP contribution is -2.39. The highest BCUT2D eigenvalue weighted by Gasteiger charge is 2.19. The van der Waals surface area contributed by atoms with Crippen LogP contribution in [0.25, 0.3) is 0 Å². The lowest BCUT2D eigenvalue weighted by Gasteiger charge is -2.26. The van der Waals surface area contributed by atoms with Crippen LogP contribution < -0.4 is 10.1 Å². The van der Waals surface area contributed by atoms with Gasteiger partial charge in [-0.1, -0.05) is 56.3 Å². The van der Waals surface area contributed by atoms with Gasteiger partial charge in [0.15, 0.2) is 6.61 Å². The first-order chi connectivity index (χ1) is 16.9. The third kappa shape index (κ3) is 9.28. The van der Waals surface area contributed by atoms with E-state index in [0.717, 1.165) is 44.3 Å². The molecule has 6 nitrogen and oxygen atoms in total. The SMILES string of the molecule is CC(Cc1ccccc1)C(O)CNCC(O)C(C)Cc1ccc(OCC(=O)N2CCCCC2)cc1. The first-order valence-electron chi connectivity index (χ1n) is 13.0. The Kier molecular flexibility index (Phi) is 11.0. The van der Waals surface area contributed by atoms with Crippen molar-refractivity contribution in [2.45, 2.75) is 58.2 Å². The summed E-state index contributed by atoms with van der Waals surface area (Å²) in [5.74, 6) is 0.939. The van der Waals surface area contributed by atoms with E-state index < -0.39 is 12.2 Å². The first kappa shape index (κ1) is 27.2. The Morgan fingerprint density at radius 3 is 1.97 bits per heavy atom. The van der Waals surface area contributed by atoms with E-state index in [4.69, 9.17) is 4.74 Å². The summed E-state index contributed by atoms with van der Waals surface area (Å²) >= 11 is 0. The Balaban J connectivity index is 1.34. The minimum absolute atomic E-state index is 0.0533. The molecule has 0 aromatic heterocycles. The Morgan fingerprint density at radius 2 is 1.40 bits per heavy atom. The predicted octanol–water partition coefficient (Wildman–Crippen LogP) is 3.45. The van der Waals surface area contributed by atoms with E-state index in [-0.39, 0.29) is 24.3 Å². The number of piperidine rings is 1. The van der Waals surface area contributed by atoms with Crippen LogP contribution >= 0.6 is 0 Å². The lowest BCUT2D eigenvalue weighted by atomic mass is 9.94. The molecule has 2 aromatic rings. The van der Waals surface area contributed by atoms with Crippen LogP contribution in [0.15, 0.2) is 54.6 Å². The fourth-order valence-corrected chi connectivity index (χ4v) is 4.51. The highest BCUT2D eigenvalue weighted by Crippen LogP contribution is 2.18. The van der Waals surface area contributed by atoms with Crippen LogP contribution in [-0.4, -0.2) is 66.0 Å². The zero-order valence-electron chi connectivity index (χ0n) is 21.2. The minimum Gasteiger partial charge on any atom is -0.484 e. The standard InChI is InChI=1S/C29H42N2O4/c1-22(17-24-9-5-3-6-10-24)27(32)19-30-20-28(33)23(2)18-25-11-13-26(14-12-25)35-21-29(34)31-15-7-4-8-16-31/h3,5-6,9-14,22-23,27-28,30,32-33H,4,7-8,15-21H2,1-2H3. The number of hydrogen-bond acceptors (Lipinski definition) is 5. The van der Waals surface area contributed by atoms with Crippen LogP contribution in [0.1, 0.15) is 44.2 Å². The number of aliphatic hydroxyl groups is 2. The van der Waals surface area contributed by atoms with Crippen molar-refractivity contribution in [2.75, 3.05) is 32.8 Å². The second-order valence-corrected chi connectivity index (χ2v) is 10.0. The van der Waals surface area contributed by atoms with Gasteiger partial charge in [0.2, 0.25) is 0 Å². The van der Waals surface area contributed by atoms with Gasteiger partial charge in [-0.25, -0.2) is 0 Å².